The van der Waals surface area contributed by atoms with Crippen molar-refractivity contribution >= 4 is 21.8 Å². The summed E-state index contributed by atoms with van der Waals surface area (Å²) in [4.78, 5) is 22.9. The molecule has 0 radical (unpaired) electrons. The van der Waals surface area contributed by atoms with E-state index in [-0.39, 0.29) is 18.3 Å². The van der Waals surface area contributed by atoms with Crippen molar-refractivity contribution in [2.45, 2.75) is 39.3 Å². The summed E-state index contributed by atoms with van der Waals surface area (Å²) in [7, 11) is -3.62. The topological polar surface area (TPSA) is 95.6 Å². The number of carbonyl (C=O) groups excluding carboxylic acids is 2. The first-order valence-corrected chi connectivity index (χ1v) is 7.95. The lowest BCUT2D eigenvalue weighted by atomic mass is 10.2. The van der Waals surface area contributed by atoms with Gasteiger partial charge in [0.05, 0.1) is 12.3 Å². The molecule has 0 aliphatic carbocycles. The van der Waals surface area contributed by atoms with Crippen molar-refractivity contribution < 1.29 is 18.0 Å². The van der Waals surface area contributed by atoms with E-state index in [4.69, 9.17) is 0 Å². The van der Waals surface area contributed by atoms with Crippen LogP contribution in [0, 0.1) is 0 Å². The van der Waals surface area contributed by atoms with Gasteiger partial charge in [0.15, 0.2) is 0 Å². The predicted molar refractivity (Wildman–Crippen MR) is 70.9 cm³/mol. The van der Waals surface area contributed by atoms with Crippen LogP contribution in [0.1, 0.15) is 27.2 Å². The molecular formula is C11H21N3O4S. The molecule has 1 unspecified atom stereocenters. The molecule has 0 aromatic carbocycles. The second-order valence-corrected chi connectivity index (χ2v) is 6.85. The third-order valence-corrected chi connectivity index (χ3v) is 4.69. The van der Waals surface area contributed by atoms with Crippen LogP contribution in [0.15, 0.2) is 0 Å². The molecule has 2 N–H and O–H groups in total. The van der Waals surface area contributed by atoms with Crippen molar-refractivity contribution in [3.8, 4) is 0 Å². The lowest BCUT2D eigenvalue weighted by Gasteiger charge is -2.32. The van der Waals surface area contributed by atoms with Crippen LogP contribution in [0.2, 0.25) is 0 Å². The number of hydrogen-bond acceptors (Lipinski definition) is 5. The Bertz CT molecular complexity index is 447. The first-order chi connectivity index (χ1) is 8.77. The van der Waals surface area contributed by atoms with Gasteiger partial charge in [-0.3, -0.25) is 14.9 Å². The zero-order valence-corrected chi connectivity index (χ0v) is 12.3. The summed E-state index contributed by atoms with van der Waals surface area (Å²) < 4.78 is 25.4. The minimum atomic E-state index is -3.62. The number of nitrogens with zero attached hydrogens (tertiary/aromatic N) is 1. The van der Waals surface area contributed by atoms with Crippen LogP contribution in [0.3, 0.4) is 0 Å². The monoisotopic (exact) mass is 291 g/mol. The van der Waals surface area contributed by atoms with E-state index in [1.54, 1.807) is 6.92 Å². The Morgan fingerprint density at radius 2 is 2.05 bits per heavy atom. The van der Waals surface area contributed by atoms with Gasteiger partial charge in [0, 0.05) is 12.6 Å². The van der Waals surface area contributed by atoms with E-state index < -0.39 is 27.9 Å². The minimum absolute atomic E-state index is 0.123. The summed E-state index contributed by atoms with van der Waals surface area (Å²) in [5.41, 5.74) is 0. The zero-order valence-electron chi connectivity index (χ0n) is 11.5. The highest BCUT2D eigenvalue weighted by molar-refractivity contribution is 7.89. The fraction of sp³-hybridized carbons (Fsp3) is 0.818. The van der Waals surface area contributed by atoms with E-state index in [9.17, 15) is 18.0 Å². The molecule has 1 saturated heterocycles. The Balaban J connectivity index is 2.78. The van der Waals surface area contributed by atoms with Gasteiger partial charge >= 0.3 is 0 Å². The number of carbonyl (C=O) groups is 2. The molecule has 0 spiro atoms. The fourth-order valence-electron chi connectivity index (χ4n) is 1.92. The van der Waals surface area contributed by atoms with Crippen LogP contribution in [0.4, 0.5) is 0 Å². The van der Waals surface area contributed by atoms with Crippen LogP contribution in [0.5, 0.6) is 0 Å². The summed E-state index contributed by atoms with van der Waals surface area (Å²) in [5.74, 6) is -1.24. The van der Waals surface area contributed by atoms with Crippen molar-refractivity contribution in [3.63, 3.8) is 0 Å². The van der Waals surface area contributed by atoms with Crippen LogP contribution in [-0.4, -0.2) is 55.5 Å². The lowest BCUT2D eigenvalue weighted by molar-refractivity contribution is -0.137. The molecule has 0 aromatic heterocycles. The van der Waals surface area contributed by atoms with Crippen molar-refractivity contribution in [2.75, 3.05) is 18.8 Å². The van der Waals surface area contributed by atoms with Gasteiger partial charge in [-0.25, -0.2) is 8.42 Å². The predicted octanol–water partition coefficient (Wildman–Crippen LogP) is -0.949. The van der Waals surface area contributed by atoms with Crippen LogP contribution < -0.4 is 10.6 Å². The summed E-state index contributed by atoms with van der Waals surface area (Å²) >= 11 is 0. The van der Waals surface area contributed by atoms with E-state index in [1.165, 1.54) is 0 Å². The fourth-order valence-corrected chi connectivity index (χ4v) is 3.47. The van der Waals surface area contributed by atoms with Gasteiger partial charge in [0.25, 0.3) is 0 Å². The molecule has 0 aromatic rings. The minimum Gasteiger partial charge on any atom is -0.313 e. The average Bonchev–Trinajstić information content (AvgIpc) is 2.27. The molecule has 19 heavy (non-hydrogen) atoms. The van der Waals surface area contributed by atoms with Crippen molar-refractivity contribution in [2.24, 2.45) is 0 Å². The maximum atomic E-state index is 12.2. The largest absolute Gasteiger partial charge is 0.313 e. The molecule has 8 heteroatoms. The summed E-state index contributed by atoms with van der Waals surface area (Å²) in [5, 5.41) is 5.16. The highest BCUT2D eigenvalue weighted by Gasteiger charge is 2.39. The third kappa shape index (κ3) is 4.26. The van der Waals surface area contributed by atoms with Gasteiger partial charge in [0.1, 0.15) is 6.04 Å². The second kappa shape index (κ2) is 6.44. The Morgan fingerprint density at radius 3 is 2.58 bits per heavy atom. The number of amides is 2. The van der Waals surface area contributed by atoms with E-state index in [2.05, 4.69) is 10.6 Å². The smallest absolute Gasteiger partial charge is 0.245 e. The first kappa shape index (κ1) is 16.1. The van der Waals surface area contributed by atoms with Crippen molar-refractivity contribution in [1.29, 1.82) is 0 Å². The maximum Gasteiger partial charge on any atom is 0.245 e. The van der Waals surface area contributed by atoms with Gasteiger partial charge in [-0.15, -0.1) is 0 Å². The second-order valence-electron chi connectivity index (χ2n) is 4.81. The Labute approximate surface area is 113 Å². The van der Waals surface area contributed by atoms with Gasteiger partial charge in [0.2, 0.25) is 21.8 Å². The molecule has 110 valence electrons. The third-order valence-electron chi connectivity index (χ3n) is 2.87. The number of hydrogen-bond donors (Lipinski definition) is 2. The SMILES string of the molecule is CCC1C(=O)NC(=O)CN1S(=O)(=O)CCNC(C)C. The van der Waals surface area contributed by atoms with Crippen LogP contribution >= 0.6 is 0 Å². The maximum absolute atomic E-state index is 12.2. The van der Waals surface area contributed by atoms with Crippen LogP contribution in [0.25, 0.3) is 0 Å². The number of nitrogens with one attached hydrogen (secondary N) is 2. The standard InChI is InChI=1S/C11H21N3O4S/c1-4-9-11(16)13-10(15)7-14(9)19(17,18)6-5-12-8(2)3/h8-9,12H,4-7H2,1-3H3,(H,13,15,16). The van der Waals surface area contributed by atoms with Gasteiger partial charge in [-0.2, -0.15) is 4.31 Å². The van der Waals surface area contributed by atoms with E-state index in [0.29, 0.717) is 13.0 Å². The molecule has 0 saturated carbocycles. The molecule has 1 heterocycles. The number of piperazine rings is 1. The number of imide groups is 1. The molecule has 1 aliphatic rings. The summed E-state index contributed by atoms with van der Waals surface area (Å²) in [6.45, 7) is 5.56. The normalized spacial score (nSPS) is 21.8. The summed E-state index contributed by atoms with van der Waals surface area (Å²) in [6.07, 6.45) is 0.343. The van der Waals surface area contributed by atoms with Gasteiger partial charge in [-0.1, -0.05) is 20.8 Å². The van der Waals surface area contributed by atoms with Crippen molar-refractivity contribution in [1.82, 2.24) is 14.9 Å². The Morgan fingerprint density at radius 1 is 1.42 bits per heavy atom. The number of sulfonamides is 1. The first-order valence-electron chi connectivity index (χ1n) is 6.34. The van der Waals surface area contributed by atoms with Crippen LogP contribution in [-0.2, 0) is 19.6 Å². The molecule has 7 nitrogen and oxygen atoms in total. The van der Waals surface area contributed by atoms with E-state index >= 15 is 0 Å². The highest BCUT2D eigenvalue weighted by Crippen LogP contribution is 2.14. The Hall–Kier alpha value is -0.990. The van der Waals surface area contributed by atoms with Crippen molar-refractivity contribution in [3.05, 3.63) is 0 Å². The quantitative estimate of drug-likeness (QED) is 0.615. The average molecular weight is 291 g/mol. The highest BCUT2D eigenvalue weighted by atomic mass is 32.2. The number of rotatable bonds is 6. The molecule has 1 rings (SSSR count). The molecular weight excluding hydrogens is 270 g/mol. The molecule has 1 atom stereocenters. The molecule has 0 bridgehead atoms. The molecule has 1 fully saturated rings. The van der Waals surface area contributed by atoms with Gasteiger partial charge in [-0.05, 0) is 6.42 Å². The summed E-state index contributed by atoms with van der Waals surface area (Å²) in [6, 6.07) is -0.606. The van der Waals surface area contributed by atoms with Gasteiger partial charge < -0.3 is 5.32 Å². The Kier molecular flexibility index (Phi) is 5.45. The molecule has 1 aliphatic heterocycles. The lowest BCUT2D eigenvalue weighted by Crippen LogP contribution is -2.60. The molecule has 2 amide bonds. The zero-order chi connectivity index (χ0) is 14.6. The van der Waals surface area contributed by atoms with E-state index in [1.807, 2.05) is 13.8 Å². The van der Waals surface area contributed by atoms with E-state index in [0.717, 1.165) is 4.31 Å².